The van der Waals surface area contributed by atoms with Gasteiger partial charge in [0.1, 0.15) is 0 Å². The van der Waals surface area contributed by atoms with Crippen molar-refractivity contribution in [2.75, 3.05) is 6.79 Å². The zero-order valence-electron chi connectivity index (χ0n) is 11.2. The second-order valence-electron chi connectivity index (χ2n) is 4.93. The molecule has 100 valence electrons. The van der Waals surface area contributed by atoms with Crippen molar-refractivity contribution in [2.45, 2.75) is 45.7 Å². The molecule has 1 aromatic carbocycles. The number of halogens is 1. The van der Waals surface area contributed by atoms with Crippen molar-refractivity contribution in [2.24, 2.45) is 0 Å². The molecule has 0 aliphatic carbocycles. The summed E-state index contributed by atoms with van der Waals surface area (Å²) in [5, 5.41) is 4.20. The number of rotatable bonds is 5. The summed E-state index contributed by atoms with van der Waals surface area (Å²) >= 11 is 6.16. The van der Waals surface area contributed by atoms with E-state index < -0.39 is 0 Å². The van der Waals surface area contributed by atoms with Crippen LogP contribution in [0.15, 0.2) is 12.1 Å². The van der Waals surface area contributed by atoms with Crippen LogP contribution in [0, 0.1) is 0 Å². The SMILES string of the molecule is CCC(C)(CC)NCc1cc(Cl)c2c(c1)OCO2. The molecule has 0 unspecified atom stereocenters. The van der Waals surface area contributed by atoms with Gasteiger partial charge >= 0.3 is 0 Å². The highest BCUT2D eigenvalue weighted by Gasteiger charge is 2.21. The van der Waals surface area contributed by atoms with Crippen LogP contribution < -0.4 is 14.8 Å². The van der Waals surface area contributed by atoms with Crippen LogP contribution in [-0.2, 0) is 6.54 Å². The Morgan fingerprint density at radius 1 is 1.28 bits per heavy atom. The average molecular weight is 270 g/mol. The Labute approximate surface area is 113 Å². The summed E-state index contributed by atoms with van der Waals surface area (Å²) in [7, 11) is 0. The maximum Gasteiger partial charge on any atom is 0.231 e. The molecule has 0 saturated carbocycles. The van der Waals surface area contributed by atoms with E-state index in [0.717, 1.165) is 30.7 Å². The van der Waals surface area contributed by atoms with Crippen LogP contribution in [0.5, 0.6) is 11.5 Å². The molecule has 0 radical (unpaired) electrons. The Bertz CT molecular complexity index is 430. The van der Waals surface area contributed by atoms with Crippen LogP contribution in [0.1, 0.15) is 39.2 Å². The van der Waals surface area contributed by atoms with E-state index in [-0.39, 0.29) is 12.3 Å². The summed E-state index contributed by atoms with van der Waals surface area (Å²) in [5.74, 6) is 1.41. The highest BCUT2D eigenvalue weighted by atomic mass is 35.5. The molecule has 3 nitrogen and oxygen atoms in total. The van der Waals surface area contributed by atoms with E-state index >= 15 is 0 Å². The summed E-state index contributed by atoms with van der Waals surface area (Å²) in [6.07, 6.45) is 2.20. The van der Waals surface area contributed by atoms with Gasteiger partial charge in [0.15, 0.2) is 11.5 Å². The minimum Gasteiger partial charge on any atom is -0.454 e. The van der Waals surface area contributed by atoms with E-state index in [9.17, 15) is 0 Å². The number of fused-ring (bicyclic) bond motifs is 1. The molecule has 1 aliphatic heterocycles. The van der Waals surface area contributed by atoms with Crippen LogP contribution in [0.3, 0.4) is 0 Å². The molecule has 18 heavy (non-hydrogen) atoms. The molecule has 0 amide bonds. The Hall–Kier alpha value is -0.930. The summed E-state index contributed by atoms with van der Waals surface area (Å²) in [4.78, 5) is 0. The largest absolute Gasteiger partial charge is 0.454 e. The molecule has 0 saturated heterocycles. The minimum atomic E-state index is 0.169. The second kappa shape index (κ2) is 5.37. The Balaban J connectivity index is 2.09. The summed E-state index contributed by atoms with van der Waals surface area (Å²) in [6, 6.07) is 3.93. The lowest BCUT2D eigenvalue weighted by atomic mass is 9.95. The van der Waals surface area contributed by atoms with E-state index in [4.69, 9.17) is 21.1 Å². The van der Waals surface area contributed by atoms with Gasteiger partial charge < -0.3 is 14.8 Å². The van der Waals surface area contributed by atoms with Crippen LogP contribution >= 0.6 is 11.6 Å². The predicted molar refractivity (Wildman–Crippen MR) is 73.4 cm³/mol. The van der Waals surface area contributed by atoms with Gasteiger partial charge in [-0.3, -0.25) is 0 Å². The van der Waals surface area contributed by atoms with Crippen molar-refractivity contribution in [1.82, 2.24) is 5.32 Å². The van der Waals surface area contributed by atoms with Crippen molar-refractivity contribution >= 4 is 11.6 Å². The fourth-order valence-electron chi connectivity index (χ4n) is 1.94. The molecule has 1 heterocycles. The third kappa shape index (κ3) is 2.73. The maximum absolute atomic E-state index is 6.16. The zero-order chi connectivity index (χ0) is 13.2. The number of nitrogens with one attached hydrogen (secondary N) is 1. The van der Waals surface area contributed by atoms with Gasteiger partial charge in [0.2, 0.25) is 6.79 Å². The van der Waals surface area contributed by atoms with E-state index in [1.165, 1.54) is 0 Å². The number of hydrogen-bond acceptors (Lipinski definition) is 3. The summed E-state index contributed by atoms with van der Waals surface area (Å²) in [6.45, 7) is 7.68. The maximum atomic E-state index is 6.16. The van der Waals surface area contributed by atoms with Crippen LogP contribution in [0.2, 0.25) is 5.02 Å². The third-order valence-electron chi connectivity index (χ3n) is 3.77. The molecular weight excluding hydrogens is 250 g/mol. The lowest BCUT2D eigenvalue weighted by Gasteiger charge is -2.28. The van der Waals surface area contributed by atoms with Crippen LogP contribution in [0.4, 0.5) is 0 Å². The number of hydrogen-bond donors (Lipinski definition) is 1. The summed E-state index contributed by atoms with van der Waals surface area (Å²) < 4.78 is 10.7. The fraction of sp³-hybridized carbons (Fsp3) is 0.571. The van der Waals surface area contributed by atoms with Gasteiger partial charge in [-0.25, -0.2) is 0 Å². The first kappa shape index (κ1) is 13.5. The van der Waals surface area contributed by atoms with Crippen molar-refractivity contribution < 1.29 is 9.47 Å². The third-order valence-corrected chi connectivity index (χ3v) is 4.05. The molecule has 0 atom stereocenters. The minimum absolute atomic E-state index is 0.169. The Morgan fingerprint density at radius 2 is 2.00 bits per heavy atom. The lowest BCUT2D eigenvalue weighted by Crippen LogP contribution is -2.40. The standard InChI is InChI=1S/C14H20ClNO2/c1-4-14(3,5-2)16-8-10-6-11(15)13-12(7-10)17-9-18-13/h6-7,16H,4-5,8-9H2,1-3H3. The van der Waals surface area contributed by atoms with Gasteiger partial charge in [-0.05, 0) is 37.5 Å². The highest BCUT2D eigenvalue weighted by molar-refractivity contribution is 6.32. The second-order valence-corrected chi connectivity index (χ2v) is 5.34. The monoisotopic (exact) mass is 269 g/mol. The normalized spacial score (nSPS) is 14.0. The van der Waals surface area contributed by atoms with Gasteiger partial charge in [0.25, 0.3) is 0 Å². The average Bonchev–Trinajstić information content (AvgIpc) is 2.85. The first-order valence-electron chi connectivity index (χ1n) is 6.41. The quantitative estimate of drug-likeness (QED) is 0.883. The smallest absolute Gasteiger partial charge is 0.231 e. The predicted octanol–water partition coefficient (Wildman–Crippen LogP) is 3.74. The lowest BCUT2D eigenvalue weighted by molar-refractivity contribution is 0.174. The van der Waals surface area contributed by atoms with Crippen molar-refractivity contribution in [3.63, 3.8) is 0 Å². The Morgan fingerprint density at radius 3 is 2.67 bits per heavy atom. The van der Waals surface area contributed by atoms with E-state index in [0.29, 0.717) is 10.8 Å². The molecule has 0 aromatic heterocycles. The van der Waals surface area contributed by atoms with Crippen LogP contribution in [-0.4, -0.2) is 12.3 Å². The van der Waals surface area contributed by atoms with Gasteiger partial charge in [0, 0.05) is 12.1 Å². The van der Waals surface area contributed by atoms with Crippen molar-refractivity contribution in [3.05, 3.63) is 22.7 Å². The molecule has 1 aliphatic rings. The molecule has 0 bridgehead atoms. The van der Waals surface area contributed by atoms with Crippen molar-refractivity contribution in [1.29, 1.82) is 0 Å². The van der Waals surface area contributed by atoms with Gasteiger partial charge in [-0.15, -0.1) is 0 Å². The molecular formula is C14H20ClNO2. The van der Waals surface area contributed by atoms with E-state index in [2.05, 4.69) is 26.1 Å². The zero-order valence-corrected chi connectivity index (χ0v) is 11.9. The topological polar surface area (TPSA) is 30.5 Å². The highest BCUT2D eigenvalue weighted by Crippen LogP contribution is 2.39. The Kier molecular flexibility index (Phi) is 4.03. The molecule has 4 heteroatoms. The van der Waals surface area contributed by atoms with Gasteiger partial charge in [-0.2, -0.15) is 0 Å². The molecule has 0 spiro atoms. The molecule has 1 aromatic rings. The van der Waals surface area contributed by atoms with Gasteiger partial charge in [-0.1, -0.05) is 25.4 Å². The molecule has 0 fully saturated rings. The number of ether oxygens (including phenoxy) is 2. The first-order chi connectivity index (χ1) is 8.58. The number of benzene rings is 1. The fourth-order valence-corrected chi connectivity index (χ4v) is 2.23. The first-order valence-corrected chi connectivity index (χ1v) is 6.79. The van der Waals surface area contributed by atoms with E-state index in [1.807, 2.05) is 12.1 Å². The summed E-state index contributed by atoms with van der Waals surface area (Å²) in [5.41, 5.74) is 1.29. The van der Waals surface area contributed by atoms with E-state index in [1.54, 1.807) is 0 Å². The van der Waals surface area contributed by atoms with Gasteiger partial charge in [0.05, 0.1) is 5.02 Å². The molecule has 1 N–H and O–H groups in total. The van der Waals surface area contributed by atoms with Crippen molar-refractivity contribution in [3.8, 4) is 11.5 Å². The molecule has 2 rings (SSSR count). The van der Waals surface area contributed by atoms with Crippen LogP contribution in [0.25, 0.3) is 0 Å².